The summed E-state index contributed by atoms with van der Waals surface area (Å²) in [4.78, 5) is 34.7. The minimum absolute atomic E-state index is 0.0564. The van der Waals surface area contributed by atoms with Crippen LogP contribution in [0, 0.1) is 17.8 Å². The first-order chi connectivity index (χ1) is 17.8. The lowest BCUT2D eigenvalue weighted by Crippen LogP contribution is -2.57. The Morgan fingerprint density at radius 2 is 1.89 bits per heavy atom. The molecule has 200 valence electrons. The van der Waals surface area contributed by atoms with Crippen molar-refractivity contribution in [3.63, 3.8) is 0 Å². The number of rotatable bonds is 7. The SMILES string of the molecule is CC(C)(N)C(=O)N1CCN(C(/C=C\NC=O)=N/c2ccc3c(c2)OCC(N2CC4C(CN)C4C2)C3)CC1. The Kier molecular flexibility index (Phi) is 7.24. The summed E-state index contributed by atoms with van der Waals surface area (Å²) in [5.41, 5.74) is 13.0. The molecular formula is C27H39N7O3. The highest BCUT2D eigenvalue weighted by molar-refractivity contribution is 5.95. The van der Waals surface area contributed by atoms with Gasteiger partial charge in [0.15, 0.2) is 0 Å². The Bertz CT molecular complexity index is 1060. The molecule has 3 fully saturated rings. The second kappa shape index (κ2) is 10.4. The molecule has 0 aromatic heterocycles. The molecule has 37 heavy (non-hydrogen) atoms. The summed E-state index contributed by atoms with van der Waals surface area (Å²) in [6, 6.07) is 6.55. The van der Waals surface area contributed by atoms with E-state index in [9.17, 15) is 9.59 Å². The number of likely N-dealkylation sites (tertiary alicyclic amines) is 1. The van der Waals surface area contributed by atoms with Crippen LogP contribution in [0.1, 0.15) is 19.4 Å². The van der Waals surface area contributed by atoms with Crippen LogP contribution in [0.15, 0.2) is 35.5 Å². The second-order valence-electron chi connectivity index (χ2n) is 11.2. The van der Waals surface area contributed by atoms with Gasteiger partial charge in [-0.05, 0) is 62.3 Å². The average molecular weight is 510 g/mol. The van der Waals surface area contributed by atoms with Crippen molar-refractivity contribution in [3.8, 4) is 5.75 Å². The third-order valence-electron chi connectivity index (χ3n) is 8.21. The summed E-state index contributed by atoms with van der Waals surface area (Å²) in [6.45, 7) is 9.62. The van der Waals surface area contributed by atoms with Crippen LogP contribution in [0.4, 0.5) is 5.69 Å². The number of amides is 2. The monoisotopic (exact) mass is 509 g/mol. The number of carbonyl (C=O) groups excluding carboxylic acids is 2. The smallest absolute Gasteiger partial charge is 0.242 e. The quantitative estimate of drug-likeness (QED) is 0.274. The fraction of sp³-hybridized carbons (Fsp3) is 0.593. The highest BCUT2D eigenvalue weighted by Gasteiger charge is 2.55. The molecule has 3 atom stereocenters. The minimum atomic E-state index is -0.892. The third-order valence-corrected chi connectivity index (χ3v) is 8.21. The van der Waals surface area contributed by atoms with Crippen LogP contribution >= 0.6 is 0 Å². The lowest BCUT2D eigenvalue weighted by molar-refractivity contribution is -0.137. The molecule has 0 radical (unpaired) electrons. The van der Waals surface area contributed by atoms with E-state index in [1.165, 1.54) is 5.56 Å². The van der Waals surface area contributed by atoms with Gasteiger partial charge in [0.05, 0.1) is 11.2 Å². The Labute approximate surface area is 218 Å². The van der Waals surface area contributed by atoms with Gasteiger partial charge >= 0.3 is 0 Å². The normalized spacial score (nSPS) is 28.1. The van der Waals surface area contributed by atoms with Crippen LogP contribution in [0.5, 0.6) is 5.75 Å². The Balaban J connectivity index is 1.25. The van der Waals surface area contributed by atoms with E-state index in [-0.39, 0.29) is 5.91 Å². The van der Waals surface area contributed by atoms with E-state index >= 15 is 0 Å². The molecule has 1 saturated carbocycles. The zero-order valence-corrected chi connectivity index (χ0v) is 21.8. The number of benzene rings is 1. The Morgan fingerprint density at radius 1 is 1.19 bits per heavy atom. The van der Waals surface area contributed by atoms with Crippen LogP contribution in [0.25, 0.3) is 0 Å². The third kappa shape index (κ3) is 5.51. The Morgan fingerprint density at radius 3 is 2.54 bits per heavy atom. The average Bonchev–Trinajstić information content (AvgIpc) is 3.37. The van der Waals surface area contributed by atoms with Gasteiger partial charge in [-0.2, -0.15) is 0 Å². The molecule has 1 aromatic rings. The summed E-state index contributed by atoms with van der Waals surface area (Å²) in [7, 11) is 0. The molecule has 2 saturated heterocycles. The zero-order chi connectivity index (χ0) is 26.2. The van der Waals surface area contributed by atoms with E-state index in [0.717, 1.165) is 55.2 Å². The maximum absolute atomic E-state index is 12.6. The largest absolute Gasteiger partial charge is 0.492 e. The van der Waals surface area contributed by atoms with Gasteiger partial charge in [0.1, 0.15) is 18.2 Å². The predicted octanol–water partition coefficient (Wildman–Crippen LogP) is 0.298. The number of amidine groups is 1. The van der Waals surface area contributed by atoms with E-state index in [4.69, 9.17) is 21.2 Å². The van der Waals surface area contributed by atoms with E-state index in [1.54, 1.807) is 31.0 Å². The lowest BCUT2D eigenvalue weighted by Gasteiger charge is -2.38. The fourth-order valence-corrected chi connectivity index (χ4v) is 6.03. The summed E-state index contributed by atoms with van der Waals surface area (Å²) < 4.78 is 6.21. The first kappa shape index (κ1) is 25.7. The molecule has 1 aliphatic carbocycles. The summed E-state index contributed by atoms with van der Waals surface area (Å²) in [5.74, 6) is 3.84. The number of nitrogens with zero attached hydrogens (tertiary/aromatic N) is 4. The molecule has 10 nitrogen and oxygen atoms in total. The molecule has 4 aliphatic rings. The molecule has 0 spiro atoms. The molecule has 1 aromatic carbocycles. The number of nitrogens with two attached hydrogens (primary N) is 2. The minimum Gasteiger partial charge on any atom is -0.492 e. The van der Waals surface area contributed by atoms with E-state index in [2.05, 4.69) is 21.2 Å². The van der Waals surface area contributed by atoms with Gasteiger partial charge in [-0.15, -0.1) is 0 Å². The van der Waals surface area contributed by atoms with Gasteiger partial charge in [-0.3, -0.25) is 14.5 Å². The van der Waals surface area contributed by atoms with E-state index < -0.39 is 5.54 Å². The first-order valence-electron chi connectivity index (χ1n) is 13.3. The number of piperidine rings is 1. The molecule has 10 heteroatoms. The second-order valence-corrected chi connectivity index (χ2v) is 11.2. The van der Waals surface area contributed by atoms with Crippen LogP contribution in [0.2, 0.25) is 0 Å². The number of aliphatic imine (C=N–C) groups is 1. The molecule has 3 aliphatic heterocycles. The standard InChI is InChI=1S/C27H39N7O3/c1-27(2,29)26(36)33-9-7-32(8-10-33)25(5-6-30-17-35)31-19-4-3-18-11-20(16-37-24(18)12-19)34-14-22-21(13-28)23(22)15-34/h3-6,12,17,20-23H,7-11,13-16,28-29H2,1-2H3,(H,30,35)/b6-5-,31-25+. The van der Waals surface area contributed by atoms with Crippen molar-refractivity contribution in [1.29, 1.82) is 0 Å². The van der Waals surface area contributed by atoms with Crippen molar-refractivity contribution in [1.82, 2.24) is 20.0 Å². The number of carbonyl (C=O) groups is 2. The zero-order valence-electron chi connectivity index (χ0n) is 21.8. The van der Waals surface area contributed by atoms with Gasteiger partial charge in [-0.25, -0.2) is 4.99 Å². The topological polar surface area (TPSA) is 130 Å². The van der Waals surface area contributed by atoms with E-state index in [1.807, 2.05) is 12.1 Å². The number of ether oxygens (including phenoxy) is 1. The van der Waals surface area contributed by atoms with Gasteiger partial charge in [0, 0.05) is 57.6 Å². The lowest BCUT2D eigenvalue weighted by atomic mass is 10.0. The van der Waals surface area contributed by atoms with Crippen LogP contribution in [-0.4, -0.2) is 96.9 Å². The molecule has 3 unspecified atom stereocenters. The van der Waals surface area contributed by atoms with Crippen LogP contribution in [0.3, 0.4) is 0 Å². The van der Waals surface area contributed by atoms with Crippen molar-refractivity contribution in [2.45, 2.75) is 31.8 Å². The Hall–Kier alpha value is -2.95. The van der Waals surface area contributed by atoms with E-state index in [0.29, 0.717) is 51.1 Å². The maximum Gasteiger partial charge on any atom is 0.242 e. The van der Waals surface area contributed by atoms with Gasteiger partial charge in [0.25, 0.3) is 0 Å². The molecule has 0 bridgehead atoms. The molecular weight excluding hydrogens is 470 g/mol. The van der Waals surface area contributed by atoms with Gasteiger partial charge < -0.3 is 31.3 Å². The van der Waals surface area contributed by atoms with Gasteiger partial charge in [-0.1, -0.05) is 6.07 Å². The number of fused-ring (bicyclic) bond motifs is 2. The van der Waals surface area contributed by atoms with Crippen molar-refractivity contribution in [3.05, 3.63) is 36.0 Å². The van der Waals surface area contributed by atoms with Crippen LogP contribution < -0.4 is 21.5 Å². The highest BCUT2D eigenvalue weighted by atomic mass is 16.5. The van der Waals surface area contributed by atoms with Crippen molar-refractivity contribution < 1.29 is 14.3 Å². The number of hydrogen-bond donors (Lipinski definition) is 3. The summed E-state index contributed by atoms with van der Waals surface area (Å²) in [6.07, 6.45) is 4.96. The van der Waals surface area contributed by atoms with Crippen molar-refractivity contribution >= 4 is 23.8 Å². The van der Waals surface area contributed by atoms with Gasteiger partial charge in [0.2, 0.25) is 12.3 Å². The summed E-state index contributed by atoms with van der Waals surface area (Å²) >= 11 is 0. The van der Waals surface area contributed by atoms with Crippen molar-refractivity contribution in [2.75, 3.05) is 52.4 Å². The number of nitrogens with one attached hydrogen (secondary N) is 1. The van der Waals surface area contributed by atoms with Crippen LogP contribution in [-0.2, 0) is 16.0 Å². The predicted molar refractivity (Wildman–Crippen MR) is 142 cm³/mol. The molecule has 3 heterocycles. The maximum atomic E-state index is 12.6. The fourth-order valence-electron chi connectivity index (χ4n) is 6.03. The molecule has 2 amide bonds. The highest BCUT2D eigenvalue weighted by Crippen LogP contribution is 2.51. The summed E-state index contributed by atoms with van der Waals surface area (Å²) in [5, 5.41) is 2.56. The number of piperazine rings is 1. The molecule has 5 rings (SSSR count). The number of hydrogen-bond acceptors (Lipinski definition) is 7. The van der Waals surface area contributed by atoms with Crippen molar-refractivity contribution in [2.24, 2.45) is 34.2 Å². The molecule has 5 N–H and O–H groups in total. The first-order valence-corrected chi connectivity index (χ1v) is 13.3.